The highest BCUT2D eigenvalue weighted by Gasteiger charge is 2.13. The predicted molar refractivity (Wildman–Crippen MR) is 87.7 cm³/mol. The summed E-state index contributed by atoms with van der Waals surface area (Å²) < 4.78 is 20.4. The molecule has 0 aliphatic carbocycles. The Morgan fingerprint density at radius 1 is 1.32 bits per heavy atom. The van der Waals surface area contributed by atoms with Crippen LogP contribution in [0.15, 0.2) is 30.6 Å². The maximum Gasteiger partial charge on any atom is 0.229 e. The third-order valence-electron chi connectivity index (χ3n) is 3.50. The van der Waals surface area contributed by atoms with Gasteiger partial charge in [0.25, 0.3) is 0 Å². The summed E-state index contributed by atoms with van der Waals surface area (Å²) in [6.07, 6.45) is 2.52. The molecular formula is C16H16FN5O3. The van der Waals surface area contributed by atoms with Gasteiger partial charge < -0.3 is 20.3 Å². The molecule has 0 amide bonds. The normalized spacial score (nSPS) is 10.7. The van der Waals surface area contributed by atoms with E-state index < -0.39 is 5.82 Å². The molecule has 8 nitrogen and oxygen atoms in total. The molecule has 25 heavy (non-hydrogen) atoms. The quantitative estimate of drug-likeness (QED) is 0.650. The number of hydrogen-bond acceptors (Lipinski definition) is 7. The highest BCUT2D eigenvalue weighted by Crippen LogP contribution is 2.26. The van der Waals surface area contributed by atoms with Gasteiger partial charge in [0.1, 0.15) is 11.5 Å². The molecule has 3 N–H and O–H groups in total. The van der Waals surface area contributed by atoms with Crippen molar-refractivity contribution in [2.45, 2.75) is 13.5 Å². The Hall–Kier alpha value is -3.20. The number of hydrogen-bond donors (Lipinski definition) is 3. The first-order chi connectivity index (χ1) is 12.0. The van der Waals surface area contributed by atoms with Crippen molar-refractivity contribution in [2.75, 3.05) is 12.4 Å². The standard InChI is InChI=1S/C16H16FN5O3/c1-9-10(8-23)7-22(21-9)15-14(17)6-18-16(20-15)19-11-3-12(24)5-13(4-11)25-2/h3-7,23-24H,8H2,1-2H3,(H,18,19,20). The number of methoxy groups -OCH3 is 1. The first kappa shape index (κ1) is 16.7. The van der Waals surface area contributed by atoms with Crippen molar-refractivity contribution < 1.29 is 19.3 Å². The number of benzene rings is 1. The Balaban J connectivity index is 1.95. The molecule has 0 saturated heterocycles. The van der Waals surface area contributed by atoms with E-state index in [4.69, 9.17) is 4.74 Å². The fourth-order valence-corrected chi connectivity index (χ4v) is 2.24. The molecule has 130 valence electrons. The Morgan fingerprint density at radius 2 is 2.12 bits per heavy atom. The summed E-state index contributed by atoms with van der Waals surface area (Å²) in [5.41, 5.74) is 1.63. The number of nitrogens with zero attached hydrogens (tertiary/aromatic N) is 4. The molecule has 0 bridgehead atoms. The van der Waals surface area contributed by atoms with Crippen LogP contribution < -0.4 is 10.1 Å². The maximum atomic E-state index is 14.1. The average Bonchev–Trinajstić information content (AvgIpc) is 2.96. The van der Waals surface area contributed by atoms with Crippen LogP contribution in [-0.2, 0) is 6.61 Å². The average molecular weight is 345 g/mol. The Morgan fingerprint density at radius 3 is 2.80 bits per heavy atom. The van der Waals surface area contributed by atoms with E-state index in [1.54, 1.807) is 13.0 Å². The third kappa shape index (κ3) is 3.50. The van der Waals surface area contributed by atoms with Crippen molar-refractivity contribution in [3.8, 4) is 17.3 Å². The summed E-state index contributed by atoms with van der Waals surface area (Å²) in [7, 11) is 1.48. The van der Waals surface area contributed by atoms with Crippen LogP contribution in [0, 0.1) is 12.7 Å². The number of nitrogens with one attached hydrogen (secondary N) is 1. The molecule has 2 aromatic heterocycles. The second kappa shape index (κ2) is 6.73. The number of anilines is 2. The number of aromatic hydroxyl groups is 1. The molecule has 3 rings (SSSR count). The fraction of sp³-hybridized carbons (Fsp3) is 0.188. The van der Waals surface area contributed by atoms with Gasteiger partial charge in [-0.15, -0.1) is 0 Å². The zero-order valence-corrected chi connectivity index (χ0v) is 13.6. The van der Waals surface area contributed by atoms with Gasteiger partial charge in [-0.2, -0.15) is 10.1 Å². The molecule has 0 atom stereocenters. The number of ether oxygens (including phenoxy) is 1. The van der Waals surface area contributed by atoms with E-state index in [1.165, 1.54) is 30.1 Å². The number of phenolic OH excluding ortho intramolecular Hbond substituents is 1. The summed E-state index contributed by atoms with van der Waals surface area (Å²) in [5.74, 6) is -0.166. The van der Waals surface area contributed by atoms with Crippen LogP contribution in [-0.4, -0.2) is 37.1 Å². The van der Waals surface area contributed by atoms with E-state index in [2.05, 4.69) is 20.4 Å². The molecule has 0 unspecified atom stereocenters. The molecule has 0 radical (unpaired) electrons. The lowest BCUT2D eigenvalue weighted by atomic mass is 10.3. The van der Waals surface area contributed by atoms with E-state index in [0.29, 0.717) is 22.7 Å². The van der Waals surface area contributed by atoms with E-state index in [-0.39, 0.29) is 24.1 Å². The summed E-state index contributed by atoms with van der Waals surface area (Å²) in [4.78, 5) is 7.99. The summed E-state index contributed by atoms with van der Waals surface area (Å²) in [6.45, 7) is 1.51. The molecular weight excluding hydrogens is 329 g/mol. The number of phenols is 1. The molecule has 3 aromatic rings. The summed E-state index contributed by atoms with van der Waals surface area (Å²) >= 11 is 0. The minimum atomic E-state index is -0.661. The summed E-state index contributed by atoms with van der Waals surface area (Å²) in [5, 5.41) is 25.9. The van der Waals surface area contributed by atoms with E-state index in [9.17, 15) is 14.6 Å². The smallest absolute Gasteiger partial charge is 0.229 e. The fourth-order valence-electron chi connectivity index (χ4n) is 2.24. The van der Waals surface area contributed by atoms with Gasteiger partial charge in [-0.3, -0.25) is 0 Å². The zero-order chi connectivity index (χ0) is 18.0. The maximum absolute atomic E-state index is 14.1. The first-order valence-electron chi connectivity index (χ1n) is 7.34. The minimum absolute atomic E-state index is 0.000487. The summed E-state index contributed by atoms with van der Waals surface area (Å²) in [6, 6.07) is 4.54. The van der Waals surface area contributed by atoms with E-state index in [1.807, 2.05) is 0 Å². The number of aliphatic hydroxyl groups excluding tert-OH is 1. The Bertz CT molecular complexity index is 913. The lowest BCUT2D eigenvalue weighted by Crippen LogP contribution is -2.06. The second-order valence-corrected chi connectivity index (χ2v) is 5.25. The molecule has 0 saturated carbocycles. The number of aryl methyl sites for hydroxylation is 1. The molecule has 0 aliphatic rings. The van der Waals surface area contributed by atoms with E-state index >= 15 is 0 Å². The lowest BCUT2D eigenvalue weighted by Gasteiger charge is -2.09. The van der Waals surface area contributed by atoms with Crippen LogP contribution in [0.5, 0.6) is 11.5 Å². The Kier molecular flexibility index (Phi) is 4.48. The van der Waals surface area contributed by atoms with Gasteiger partial charge in [-0.25, -0.2) is 14.1 Å². The molecule has 0 fully saturated rings. The molecule has 9 heteroatoms. The van der Waals surface area contributed by atoms with Crippen molar-refractivity contribution in [3.63, 3.8) is 0 Å². The SMILES string of the molecule is COc1cc(O)cc(Nc2ncc(F)c(-n3cc(CO)c(C)n3)n2)c1. The highest BCUT2D eigenvalue weighted by atomic mass is 19.1. The van der Waals surface area contributed by atoms with Crippen molar-refractivity contribution in [1.82, 2.24) is 19.7 Å². The molecule has 2 heterocycles. The van der Waals surface area contributed by atoms with Crippen molar-refractivity contribution >= 4 is 11.6 Å². The van der Waals surface area contributed by atoms with Crippen LogP contribution in [0.25, 0.3) is 5.82 Å². The zero-order valence-electron chi connectivity index (χ0n) is 13.6. The van der Waals surface area contributed by atoms with Crippen LogP contribution in [0.3, 0.4) is 0 Å². The van der Waals surface area contributed by atoms with Crippen LogP contribution in [0.4, 0.5) is 16.0 Å². The molecule has 0 aliphatic heterocycles. The van der Waals surface area contributed by atoms with Gasteiger partial charge in [0, 0.05) is 35.6 Å². The number of aromatic nitrogens is 4. The van der Waals surface area contributed by atoms with Crippen molar-refractivity contribution in [3.05, 3.63) is 47.7 Å². The van der Waals surface area contributed by atoms with E-state index in [0.717, 1.165) is 6.20 Å². The number of aliphatic hydroxyl groups is 1. The van der Waals surface area contributed by atoms with Crippen molar-refractivity contribution in [2.24, 2.45) is 0 Å². The van der Waals surface area contributed by atoms with Crippen LogP contribution in [0.1, 0.15) is 11.3 Å². The number of rotatable bonds is 5. The lowest BCUT2D eigenvalue weighted by molar-refractivity contribution is 0.281. The van der Waals surface area contributed by atoms with Crippen molar-refractivity contribution in [1.29, 1.82) is 0 Å². The second-order valence-electron chi connectivity index (χ2n) is 5.25. The largest absolute Gasteiger partial charge is 0.508 e. The monoisotopic (exact) mass is 345 g/mol. The predicted octanol–water partition coefficient (Wildman–Crippen LogP) is 2.06. The molecule has 0 spiro atoms. The van der Waals surface area contributed by atoms with Crippen LogP contribution in [0.2, 0.25) is 0 Å². The van der Waals surface area contributed by atoms with Gasteiger partial charge in [0.2, 0.25) is 5.95 Å². The topological polar surface area (TPSA) is 105 Å². The first-order valence-corrected chi connectivity index (χ1v) is 7.34. The van der Waals surface area contributed by atoms with Gasteiger partial charge in [-0.05, 0) is 6.92 Å². The van der Waals surface area contributed by atoms with Gasteiger partial charge in [0.15, 0.2) is 11.6 Å². The van der Waals surface area contributed by atoms with Crippen LogP contribution >= 0.6 is 0 Å². The highest BCUT2D eigenvalue weighted by molar-refractivity contribution is 5.59. The van der Waals surface area contributed by atoms with Gasteiger partial charge in [0.05, 0.1) is 25.6 Å². The Labute approximate surface area is 142 Å². The number of halogens is 1. The van der Waals surface area contributed by atoms with Gasteiger partial charge in [-0.1, -0.05) is 0 Å². The van der Waals surface area contributed by atoms with Gasteiger partial charge >= 0.3 is 0 Å². The molecule has 1 aromatic carbocycles. The minimum Gasteiger partial charge on any atom is -0.508 e. The third-order valence-corrected chi connectivity index (χ3v) is 3.50.